The van der Waals surface area contributed by atoms with Crippen LogP contribution in [-0.4, -0.2) is 6.72 Å². The van der Waals surface area contributed by atoms with E-state index in [1.165, 1.54) is 0 Å². The Balaban J connectivity index is 0.000000640. The molecule has 0 atom stereocenters. The van der Waals surface area contributed by atoms with Crippen LogP contribution in [-0.2, 0) is 18.6 Å². The summed E-state index contributed by atoms with van der Waals surface area (Å²) in [6.07, 6.45) is 0. The van der Waals surface area contributed by atoms with Crippen LogP contribution in [0.1, 0.15) is 0 Å². The molecule has 43 valence electrons. The Hall–Kier alpha value is -0.526. The van der Waals surface area contributed by atoms with Gasteiger partial charge >= 0.3 is 18.6 Å². The fourth-order valence-corrected chi connectivity index (χ4v) is 0.464. The van der Waals surface area contributed by atoms with E-state index in [0.29, 0.717) is 5.69 Å². The summed E-state index contributed by atoms with van der Waals surface area (Å²) < 4.78 is 0. The van der Waals surface area contributed by atoms with Gasteiger partial charge < -0.3 is 4.99 Å². The molecule has 0 unspecified atom stereocenters. The van der Waals surface area contributed by atoms with Crippen LogP contribution in [0.4, 0.5) is 5.69 Å². The van der Waals surface area contributed by atoms with E-state index < -0.39 is 0 Å². The number of hydrogen-bond acceptors (Lipinski definition) is 1. The van der Waals surface area contributed by atoms with Crippen LogP contribution in [0.2, 0.25) is 0 Å². The molecule has 0 bridgehead atoms. The first kappa shape index (κ1) is 8.47. The molecule has 0 fully saturated rings. The maximum Gasteiger partial charge on any atom is 2.00 e. The molecule has 1 nitrogen and oxygen atoms in total. The molecule has 0 amide bonds. The van der Waals surface area contributed by atoms with Crippen LogP contribution in [0, 0.1) is 6.07 Å². The first-order chi connectivity index (χ1) is 3.93. The predicted molar refractivity (Wildman–Crippen MR) is 33.4 cm³/mol. The van der Waals surface area contributed by atoms with Gasteiger partial charge in [0.25, 0.3) is 0 Å². The molecule has 0 saturated heterocycles. The summed E-state index contributed by atoms with van der Waals surface area (Å²) in [5, 5.41) is 0. The summed E-state index contributed by atoms with van der Waals surface area (Å²) in [6.45, 7) is 4.94. The Morgan fingerprint density at radius 2 is 2.22 bits per heavy atom. The maximum atomic E-state index is 4.94. The molecular formula is C7H5NV. The Morgan fingerprint density at radius 3 is 2.56 bits per heavy atom. The minimum Gasteiger partial charge on any atom is -0.485 e. The largest absolute Gasteiger partial charge is 2.00 e. The third-order valence-corrected chi connectivity index (χ3v) is 0.832. The fraction of sp³-hybridized carbons (Fsp3) is 0. The fourth-order valence-electron chi connectivity index (χ4n) is 0.464. The van der Waals surface area contributed by atoms with E-state index in [1.54, 1.807) is 12.1 Å². The first-order valence-corrected chi connectivity index (χ1v) is 2.31. The molecule has 0 aliphatic rings. The standard InChI is InChI=1S/C7H5N.V/c1-8-7-5-3-2-4-6-7;/h1-5H;/q-2;+2. The summed E-state index contributed by atoms with van der Waals surface area (Å²) in [6, 6.07) is 10.1. The average Bonchev–Trinajstić information content (AvgIpc) is 1.90. The average molecular weight is 154 g/mol. The van der Waals surface area contributed by atoms with Crippen LogP contribution in [0.5, 0.6) is 0 Å². The van der Waals surface area contributed by atoms with Gasteiger partial charge in [-0.3, -0.25) is 6.07 Å². The number of nitrogens with zero attached hydrogens (tertiary/aromatic N) is 1. The Kier molecular flexibility index (Phi) is 4.11. The topological polar surface area (TPSA) is 12.4 Å². The van der Waals surface area contributed by atoms with Crippen molar-refractivity contribution in [3.8, 4) is 0 Å². The van der Waals surface area contributed by atoms with Crippen LogP contribution < -0.4 is 0 Å². The molecule has 0 spiro atoms. The molecule has 1 rings (SSSR count). The monoisotopic (exact) mass is 154 g/mol. The van der Waals surface area contributed by atoms with Crippen molar-refractivity contribution in [1.82, 2.24) is 0 Å². The molecule has 0 aliphatic carbocycles. The summed E-state index contributed by atoms with van der Waals surface area (Å²) in [5.74, 6) is 0. The third-order valence-electron chi connectivity index (χ3n) is 0.832. The Morgan fingerprint density at radius 1 is 1.44 bits per heavy atom. The second-order valence-electron chi connectivity index (χ2n) is 1.38. The van der Waals surface area contributed by atoms with Crippen LogP contribution in [0.15, 0.2) is 29.3 Å². The number of benzene rings is 1. The van der Waals surface area contributed by atoms with Crippen molar-refractivity contribution in [3.05, 3.63) is 30.3 Å². The van der Waals surface area contributed by atoms with Gasteiger partial charge in [0.2, 0.25) is 0 Å². The molecule has 0 aromatic heterocycles. The van der Waals surface area contributed by atoms with Gasteiger partial charge in [-0.1, -0.05) is 0 Å². The normalized spacial score (nSPS) is 7.56. The smallest absolute Gasteiger partial charge is 0.485 e. The molecule has 2 heteroatoms. The van der Waals surface area contributed by atoms with Crippen LogP contribution in [0.25, 0.3) is 0 Å². The van der Waals surface area contributed by atoms with Crippen molar-refractivity contribution in [2.45, 2.75) is 0 Å². The SMILES string of the molecule is [CH-]=Nc1[c-]cccc1.[V+2]. The van der Waals surface area contributed by atoms with Crippen molar-refractivity contribution in [2.24, 2.45) is 4.99 Å². The zero-order valence-electron chi connectivity index (χ0n) is 4.78. The van der Waals surface area contributed by atoms with Crippen molar-refractivity contribution in [1.29, 1.82) is 0 Å². The van der Waals surface area contributed by atoms with Gasteiger partial charge in [-0.25, -0.2) is 11.8 Å². The Labute approximate surface area is 66.7 Å². The van der Waals surface area contributed by atoms with E-state index in [0.717, 1.165) is 0 Å². The second kappa shape index (κ2) is 4.36. The van der Waals surface area contributed by atoms with Crippen molar-refractivity contribution < 1.29 is 18.6 Å². The number of rotatable bonds is 1. The van der Waals surface area contributed by atoms with E-state index in [9.17, 15) is 0 Å². The number of aliphatic imine (C=N–C) groups is 1. The first-order valence-electron chi connectivity index (χ1n) is 2.31. The molecule has 1 aromatic rings. The third kappa shape index (κ3) is 2.50. The molecule has 0 heterocycles. The van der Waals surface area contributed by atoms with Crippen molar-refractivity contribution in [2.75, 3.05) is 0 Å². The summed E-state index contributed by atoms with van der Waals surface area (Å²) in [5.41, 5.74) is 0.688. The maximum absolute atomic E-state index is 4.94. The van der Waals surface area contributed by atoms with Gasteiger partial charge in [0, 0.05) is 0 Å². The van der Waals surface area contributed by atoms with Crippen LogP contribution >= 0.6 is 0 Å². The van der Waals surface area contributed by atoms with Crippen molar-refractivity contribution >= 4 is 12.4 Å². The van der Waals surface area contributed by atoms with Gasteiger partial charge in [0.05, 0.1) is 0 Å². The Bertz CT molecular complexity index is 172. The zero-order chi connectivity index (χ0) is 5.82. The van der Waals surface area contributed by atoms with Gasteiger partial charge in [0.15, 0.2) is 0 Å². The second-order valence-corrected chi connectivity index (χ2v) is 1.38. The quantitative estimate of drug-likeness (QED) is 0.431. The van der Waals surface area contributed by atoms with Gasteiger partial charge in [-0.2, -0.15) is 24.9 Å². The minimum atomic E-state index is 0. The summed E-state index contributed by atoms with van der Waals surface area (Å²) >= 11 is 0. The number of para-hydroxylation sites is 1. The molecule has 0 aliphatic heterocycles. The van der Waals surface area contributed by atoms with E-state index in [4.69, 9.17) is 6.72 Å². The molecule has 0 saturated carbocycles. The van der Waals surface area contributed by atoms with E-state index >= 15 is 0 Å². The predicted octanol–water partition coefficient (Wildman–Crippen LogP) is 1.69. The van der Waals surface area contributed by atoms with Crippen LogP contribution in [0.3, 0.4) is 0 Å². The minimum absolute atomic E-state index is 0. The van der Waals surface area contributed by atoms with E-state index in [1.807, 2.05) is 12.1 Å². The van der Waals surface area contributed by atoms with Gasteiger partial charge in [-0.05, 0) is 0 Å². The van der Waals surface area contributed by atoms with Crippen molar-refractivity contribution in [3.63, 3.8) is 0 Å². The number of hydrogen-bond donors (Lipinski definition) is 0. The molecule has 1 radical (unpaired) electrons. The van der Waals surface area contributed by atoms with Gasteiger partial charge in [-0.15, -0.1) is 0 Å². The van der Waals surface area contributed by atoms with Gasteiger partial charge in [0.1, 0.15) is 0 Å². The molecule has 9 heavy (non-hydrogen) atoms. The molecule has 1 aromatic carbocycles. The molecule has 0 N–H and O–H groups in total. The summed E-state index contributed by atoms with van der Waals surface area (Å²) in [7, 11) is 0. The summed E-state index contributed by atoms with van der Waals surface area (Å²) in [4.78, 5) is 3.42. The molecular weight excluding hydrogens is 149 g/mol. The van der Waals surface area contributed by atoms with E-state index in [2.05, 4.69) is 11.1 Å². The zero-order valence-corrected chi connectivity index (χ0v) is 6.18. The van der Waals surface area contributed by atoms with E-state index in [-0.39, 0.29) is 18.6 Å².